The van der Waals surface area contributed by atoms with Crippen LogP contribution in [0.5, 0.6) is 0 Å². The lowest BCUT2D eigenvalue weighted by Gasteiger charge is -2.29. The summed E-state index contributed by atoms with van der Waals surface area (Å²) in [5.74, 6) is -11.6. The number of hydrogen-bond acceptors (Lipinski definition) is 17. The number of unbranched alkanes of at least 4 members (excludes halogenated alkanes) is 1. The number of nitrogens with one attached hydrogen (secondary N) is 12. The largest absolute Gasteiger partial charge is 0.480 e. The van der Waals surface area contributed by atoms with Gasteiger partial charge < -0.3 is 85.1 Å². The number of aliphatic hydroxyl groups is 1. The Bertz CT molecular complexity index is 2610. The molecular weight excluding hydrogens is 1160 g/mol. The summed E-state index contributed by atoms with van der Waals surface area (Å²) in [6, 6.07) is -4.20. The van der Waals surface area contributed by atoms with E-state index in [4.69, 9.17) is 11.5 Å². The molecule has 11 atom stereocenters. The number of aromatic nitrogens is 1. The minimum atomic E-state index is -1.67. The lowest BCUT2D eigenvalue weighted by molar-refractivity contribution is -0.142. The molecule has 1 aromatic heterocycles. The van der Waals surface area contributed by atoms with Crippen LogP contribution in [-0.4, -0.2) is 185 Å². The topological polar surface area (TPSA) is 445 Å². The Hall–Kier alpha value is -7.02. The van der Waals surface area contributed by atoms with E-state index in [1.807, 2.05) is 32.0 Å². The molecule has 0 aliphatic rings. The molecular formula is C56H92N14O14S2. The maximum Gasteiger partial charge on any atom is 0.327 e. The first kappa shape index (κ1) is 75.1. The van der Waals surface area contributed by atoms with Gasteiger partial charge in [-0.15, -0.1) is 0 Å². The average molecular weight is 1250 g/mol. The van der Waals surface area contributed by atoms with Crippen LogP contribution in [0.3, 0.4) is 0 Å². The first-order valence-corrected chi connectivity index (χ1v) is 30.2. The third kappa shape index (κ3) is 25.9. The van der Waals surface area contributed by atoms with Crippen molar-refractivity contribution in [1.82, 2.24) is 63.5 Å². The number of fused-ring (bicyclic) bond motifs is 1. The molecule has 0 saturated heterocycles. The van der Waals surface area contributed by atoms with Crippen LogP contribution in [-0.2, 0) is 64.0 Å². The summed E-state index contributed by atoms with van der Waals surface area (Å²) in [7, 11) is 0. The van der Waals surface area contributed by atoms with E-state index in [1.54, 1.807) is 53.8 Å². The maximum atomic E-state index is 14.0. The zero-order valence-electron chi connectivity index (χ0n) is 50.3. The van der Waals surface area contributed by atoms with Gasteiger partial charge in [0.25, 0.3) is 0 Å². The quantitative estimate of drug-likeness (QED) is 0.0243. The molecule has 18 N–H and O–H groups in total. The SMILES string of the molecule is CC[C@H](C)[C@H](NC(=O)CNC(=O)[C@@H](N)CC(C)C)C(=O)N[C@@H](Cc1c[nH]c2ccccc12)C(=O)NCC(=O)N[C@@H](CS)C(=O)N[C@@H](CO)C(=O)NCC(=O)N[C@@H](CCCCN)C(=O)N[C@@H](CC(C)C)C(=O)N[C@H](C(=O)N[C@@H](CS)C(=O)O)[C@@H](C)CC. The van der Waals surface area contributed by atoms with Gasteiger partial charge in [-0.25, -0.2) is 4.79 Å². The number of rotatable bonds is 40. The molecule has 0 radical (unpaired) electrons. The van der Waals surface area contributed by atoms with Crippen molar-refractivity contribution in [2.45, 2.75) is 161 Å². The number of H-pyrrole nitrogens is 1. The van der Waals surface area contributed by atoms with Crippen LogP contribution >= 0.6 is 25.3 Å². The van der Waals surface area contributed by atoms with Gasteiger partial charge in [-0.1, -0.05) is 86.4 Å². The first-order chi connectivity index (χ1) is 40.6. The van der Waals surface area contributed by atoms with Crippen LogP contribution in [0.4, 0.5) is 0 Å². The van der Waals surface area contributed by atoms with Crippen molar-refractivity contribution in [1.29, 1.82) is 0 Å². The smallest absolute Gasteiger partial charge is 0.327 e. The number of para-hydroxylation sites is 1. The highest BCUT2D eigenvalue weighted by Crippen LogP contribution is 2.20. The van der Waals surface area contributed by atoms with Crippen LogP contribution in [0.25, 0.3) is 10.9 Å². The number of hydrogen-bond donors (Lipinski definition) is 18. The molecule has 0 aliphatic heterocycles. The molecule has 0 fully saturated rings. The fraction of sp³-hybridized carbons (Fsp3) is 0.643. The Labute approximate surface area is 512 Å². The molecule has 482 valence electrons. The standard InChI is InChI=1S/C56H92N14O14S2/c1-9-31(7)46(69-45(74)25-60-48(75)35(58)19-29(3)4)54(81)66-39(21-33-22-59-36-16-12-11-15-34(33)36)49(76)61-24-44(73)64-41(27-85)53(80)67-40(26-71)50(77)62-23-43(72)63-37(17-13-14-18-57)51(78)65-38(20-30(5)6)52(79)70-47(32(8)10-2)55(82)68-42(28-86)56(83)84/h11-12,15-16,22,29-32,35,37-42,46-47,59,71,85-86H,9-10,13-14,17-21,23-28,57-58H2,1-8H3,(H,60,75)(H,61,76)(H,62,77)(H,63,72)(H,64,73)(H,65,78)(H,66,81)(H,67,80)(H,68,82)(H,69,74)(H,70,79)(H,83,84)/t31-,32-,35-,37-,38-,39-,40-,41-,42-,46-,47-/m0/s1. The predicted octanol–water partition coefficient (Wildman–Crippen LogP) is -2.49. The number of carbonyl (C=O) groups excluding carboxylic acids is 11. The first-order valence-electron chi connectivity index (χ1n) is 28.9. The van der Waals surface area contributed by atoms with Gasteiger partial charge >= 0.3 is 5.97 Å². The minimum absolute atomic E-state index is 0.0498. The number of carboxylic acids is 1. The van der Waals surface area contributed by atoms with Crippen LogP contribution in [0, 0.1) is 23.7 Å². The molecule has 0 saturated carbocycles. The Morgan fingerprint density at radius 3 is 1.52 bits per heavy atom. The fourth-order valence-corrected chi connectivity index (χ4v) is 9.21. The monoisotopic (exact) mass is 1250 g/mol. The van der Waals surface area contributed by atoms with Gasteiger partial charge in [0.05, 0.1) is 32.3 Å². The van der Waals surface area contributed by atoms with Gasteiger partial charge in [0, 0.05) is 35.0 Å². The van der Waals surface area contributed by atoms with Crippen LogP contribution < -0.4 is 70.0 Å². The third-order valence-corrected chi connectivity index (χ3v) is 14.8. The van der Waals surface area contributed by atoms with Crippen molar-refractivity contribution < 1.29 is 67.7 Å². The van der Waals surface area contributed by atoms with Gasteiger partial charge in [0.1, 0.15) is 48.3 Å². The number of carboxylic acid groups (broad SMARTS) is 1. The molecule has 1 aromatic carbocycles. The summed E-state index contributed by atoms with van der Waals surface area (Å²) in [5, 5.41) is 47.9. The fourth-order valence-electron chi connectivity index (χ4n) is 8.70. The molecule has 11 amide bonds. The second-order valence-electron chi connectivity index (χ2n) is 22.0. The van der Waals surface area contributed by atoms with Crippen molar-refractivity contribution in [3.8, 4) is 0 Å². The highest BCUT2D eigenvalue weighted by Gasteiger charge is 2.35. The summed E-state index contributed by atoms with van der Waals surface area (Å²) in [6.07, 6.45) is 3.79. The summed E-state index contributed by atoms with van der Waals surface area (Å²) in [5.41, 5.74) is 13.0. The van der Waals surface area contributed by atoms with E-state index in [0.29, 0.717) is 37.7 Å². The number of carbonyl (C=O) groups is 12. The van der Waals surface area contributed by atoms with Gasteiger partial charge in [-0.3, -0.25) is 52.7 Å². The predicted molar refractivity (Wildman–Crippen MR) is 328 cm³/mol. The maximum absolute atomic E-state index is 14.0. The Morgan fingerprint density at radius 1 is 0.535 bits per heavy atom. The zero-order valence-corrected chi connectivity index (χ0v) is 52.1. The number of nitrogens with two attached hydrogens (primary N) is 2. The van der Waals surface area contributed by atoms with Crippen LogP contribution in [0.1, 0.15) is 106 Å². The lowest BCUT2D eigenvalue weighted by Crippen LogP contribution is -2.60. The van der Waals surface area contributed by atoms with Gasteiger partial charge in [0.2, 0.25) is 65.0 Å². The highest BCUT2D eigenvalue weighted by molar-refractivity contribution is 7.80. The molecule has 0 aliphatic carbocycles. The molecule has 0 spiro atoms. The number of aliphatic carboxylic acids is 1. The van der Waals surface area contributed by atoms with Crippen molar-refractivity contribution in [2.24, 2.45) is 35.1 Å². The number of amides is 11. The second-order valence-corrected chi connectivity index (χ2v) is 22.8. The van der Waals surface area contributed by atoms with Crippen molar-refractivity contribution in [3.05, 3.63) is 36.0 Å². The van der Waals surface area contributed by atoms with E-state index >= 15 is 0 Å². The van der Waals surface area contributed by atoms with Crippen LogP contribution in [0.2, 0.25) is 0 Å². The zero-order chi connectivity index (χ0) is 64.8. The van der Waals surface area contributed by atoms with Crippen LogP contribution in [0.15, 0.2) is 30.5 Å². The molecule has 1 heterocycles. The van der Waals surface area contributed by atoms with E-state index in [-0.39, 0.29) is 49.1 Å². The van der Waals surface area contributed by atoms with E-state index < -0.39 is 163 Å². The van der Waals surface area contributed by atoms with Crippen molar-refractivity contribution >= 4 is 107 Å². The van der Waals surface area contributed by atoms with E-state index in [2.05, 4.69) is 88.7 Å². The molecule has 2 aromatic rings. The van der Waals surface area contributed by atoms with E-state index in [1.165, 1.54) is 0 Å². The number of thiol groups is 2. The Balaban J connectivity index is 2.17. The van der Waals surface area contributed by atoms with E-state index in [9.17, 15) is 67.7 Å². The molecule has 86 heavy (non-hydrogen) atoms. The molecule has 0 bridgehead atoms. The molecule has 2 rings (SSSR count). The molecule has 0 unspecified atom stereocenters. The molecule has 28 nitrogen and oxygen atoms in total. The third-order valence-electron chi connectivity index (χ3n) is 14.1. The number of aliphatic hydroxyl groups excluding tert-OH is 1. The summed E-state index contributed by atoms with van der Waals surface area (Å²) in [4.78, 5) is 163. The van der Waals surface area contributed by atoms with Crippen molar-refractivity contribution in [2.75, 3.05) is 44.3 Å². The minimum Gasteiger partial charge on any atom is -0.480 e. The second kappa shape index (κ2) is 38.9. The Kier molecular flexibility index (Phi) is 34.0. The summed E-state index contributed by atoms with van der Waals surface area (Å²) in [6.45, 7) is 11.7. The van der Waals surface area contributed by atoms with Gasteiger partial charge in [0.15, 0.2) is 0 Å². The Morgan fingerprint density at radius 2 is 1.00 bits per heavy atom. The van der Waals surface area contributed by atoms with Gasteiger partial charge in [-0.05, 0) is 74.0 Å². The number of benzene rings is 1. The summed E-state index contributed by atoms with van der Waals surface area (Å²) >= 11 is 8.16. The average Bonchev–Trinajstić information content (AvgIpc) is 2.51. The molecule has 30 heteroatoms. The summed E-state index contributed by atoms with van der Waals surface area (Å²) < 4.78 is 0. The van der Waals surface area contributed by atoms with E-state index in [0.717, 1.165) is 10.9 Å². The number of aromatic amines is 1. The lowest BCUT2D eigenvalue weighted by atomic mass is 9.96. The highest BCUT2D eigenvalue weighted by atomic mass is 32.1. The van der Waals surface area contributed by atoms with Crippen molar-refractivity contribution in [3.63, 3.8) is 0 Å². The normalized spacial score (nSPS) is 15.1. The van der Waals surface area contributed by atoms with Gasteiger partial charge in [-0.2, -0.15) is 25.3 Å².